The molecule has 0 saturated heterocycles. The number of rotatable bonds is 6. The van der Waals surface area contributed by atoms with Crippen LogP contribution in [0.4, 0.5) is 11.4 Å². The van der Waals surface area contributed by atoms with E-state index in [-0.39, 0.29) is 6.04 Å². The molecule has 1 atom stereocenters. The maximum absolute atomic E-state index is 6.28. The van der Waals surface area contributed by atoms with Crippen LogP contribution in [0.1, 0.15) is 12.5 Å². The molecule has 1 unspecified atom stereocenters. The first-order valence-corrected chi connectivity index (χ1v) is 8.77. The zero-order chi connectivity index (χ0) is 17.8. The summed E-state index contributed by atoms with van der Waals surface area (Å²) in [5.41, 5.74) is 7.91. The van der Waals surface area contributed by atoms with Crippen molar-refractivity contribution in [2.75, 3.05) is 30.6 Å². The van der Waals surface area contributed by atoms with E-state index in [2.05, 4.69) is 47.7 Å². The van der Waals surface area contributed by atoms with Crippen molar-refractivity contribution in [3.63, 3.8) is 0 Å². The lowest BCUT2D eigenvalue weighted by Crippen LogP contribution is -2.34. The van der Waals surface area contributed by atoms with E-state index in [4.69, 9.17) is 16.3 Å². The smallest absolute Gasteiger partial charge is 0.0757 e. The molecule has 0 saturated carbocycles. The molecule has 0 spiro atoms. The van der Waals surface area contributed by atoms with Gasteiger partial charge >= 0.3 is 0 Å². The number of halogens is 1. The summed E-state index contributed by atoms with van der Waals surface area (Å²) in [6.45, 7) is 3.30. The van der Waals surface area contributed by atoms with Crippen molar-refractivity contribution in [2.24, 2.45) is 0 Å². The molecule has 1 aliphatic heterocycles. The van der Waals surface area contributed by atoms with Gasteiger partial charge in [-0.25, -0.2) is 5.43 Å². The third-order valence-corrected chi connectivity index (χ3v) is 4.58. The minimum atomic E-state index is 0.212. The van der Waals surface area contributed by atoms with E-state index < -0.39 is 0 Å². The van der Waals surface area contributed by atoms with Gasteiger partial charge in [-0.1, -0.05) is 35.9 Å². The van der Waals surface area contributed by atoms with Crippen LogP contribution in [0.2, 0.25) is 5.02 Å². The lowest BCUT2D eigenvalue weighted by atomic mass is 10.2. The average Bonchev–Trinajstić information content (AvgIpc) is 2.96. The van der Waals surface area contributed by atoms with Gasteiger partial charge in [-0.3, -0.25) is 5.01 Å². The number of para-hydroxylation sites is 1. The largest absolute Gasteiger partial charge is 0.378 e. The molecule has 2 aromatic rings. The van der Waals surface area contributed by atoms with E-state index in [0.717, 1.165) is 10.7 Å². The highest BCUT2D eigenvalue weighted by Gasteiger charge is 2.22. The first-order valence-electron chi connectivity index (χ1n) is 8.39. The highest BCUT2D eigenvalue weighted by Crippen LogP contribution is 2.28. The summed E-state index contributed by atoms with van der Waals surface area (Å²) >= 11 is 6.28. The number of ether oxygens (including phenoxy) is 1. The molecule has 3 rings (SSSR count). The van der Waals surface area contributed by atoms with Gasteiger partial charge in [0.25, 0.3) is 0 Å². The van der Waals surface area contributed by atoms with Crippen molar-refractivity contribution in [1.82, 2.24) is 5.43 Å². The molecule has 0 bridgehead atoms. The molecule has 5 heteroatoms. The van der Waals surface area contributed by atoms with Crippen molar-refractivity contribution < 1.29 is 4.74 Å². The van der Waals surface area contributed by atoms with Crippen LogP contribution in [0.3, 0.4) is 0 Å². The molecule has 1 aliphatic rings. The highest BCUT2D eigenvalue weighted by molar-refractivity contribution is 6.33. The minimum Gasteiger partial charge on any atom is -0.378 e. The van der Waals surface area contributed by atoms with Gasteiger partial charge in [-0.2, -0.15) is 0 Å². The monoisotopic (exact) mass is 357 g/mol. The standard InChI is InChI=1S/C20H24ClN3O/c1-15-17(12-24(22-15)20-10-5-4-9-19(20)21)14-25-13-16-7-6-8-18(11-16)23(2)3/h4-12,15,22H,13-14H2,1-3H3. The van der Waals surface area contributed by atoms with Crippen LogP contribution in [-0.4, -0.2) is 26.7 Å². The SMILES string of the molecule is CC1NN(c2ccccc2Cl)C=C1COCc1cccc(N(C)C)c1. The summed E-state index contributed by atoms with van der Waals surface area (Å²) in [6, 6.07) is 16.4. The van der Waals surface area contributed by atoms with Gasteiger partial charge in [0.2, 0.25) is 0 Å². The molecule has 2 aromatic carbocycles. The zero-order valence-electron chi connectivity index (χ0n) is 14.9. The number of hydrogen-bond donors (Lipinski definition) is 1. The van der Waals surface area contributed by atoms with Crippen molar-refractivity contribution in [2.45, 2.75) is 19.6 Å². The Labute approximate surface area is 154 Å². The molecule has 4 nitrogen and oxygen atoms in total. The van der Waals surface area contributed by atoms with Gasteiger partial charge in [-0.05, 0) is 42.3 Å². The van der Waals surface area contributed by atoms with Crippen molar-refractivity contribution >= 4 is 23.0 Å². The summed E-state index contributed by atoms with van der Waals surface area (Å²) in [5, 5.41) is 2.69. The molecule has 1 heterocycles. The lowest BCUT2D eigenvalue weighted by molar-refractivity contribution is 0.139. The maximum atomic E-state index is 6.28. The van der Waals surface area contributed by atoms with Crippen LogP contribution in [-0.2, 0) is 11.3 Å². The highest BCUT2D eigenvalue weighted by atomic mass is 35.5. The van der Waals surface area contributed by atoms with Gasteiger partial charge in [0.05, 0.1) is 23.9 Å². The average molecular weight is 358 g/mol. The van der Waals surface area contributed by atoms with Gasteiger partial charge in [0.1, 0.15) is 0 Å². The van der Waals surface area contributed by atoms with Crippen molar-refractivity contribution in [3.8, 4) is 0 Å². The molecule has 0 aliphatic carbocycles. The summed E-state index contributed by atoms with van der Waals surface area (Å²) < 4.78 is 5.94. The number of benzene rings is 2. The first-order chi connectivity index (χ1) is 12.0. The Kier molecular flexibility index (Phi) is 5.63. The second-order valence-electron chi connectivity index (χ2n) is 6.43. The Balaban J connectivity index is 1.60. The maximum Gasteiger partial charge on any atom is 0.0757 e. The van der Waals surface area contributed by atoms with Gasteiger partial charge in [0, 0.05) is 32.0 Å². The number of hydrogen-bond acceptors (Lipinski definition) is 4. The summed E-state index contributed by atoms with van der Waals surface area (Å²) in [5.74, 6) is 0. The lowest BCUT2D eigenvalue weighted by Gasteiger charge is -2.19. The number of anilines is 2. The van der Waals surface area contributed by atoms with E-state index in [1.54, 1.807) is 0 Å². The van der Waals surface area contributed by atoms with E-state index in [0.29, 0.717) is 13.2 Å². The van der Waals surface area contributed by atoms with Crippen LogP contribution in [0.5, 0.6) is 0 Å². The number of nitrogens with one attached hydrogen (secondary N) is 1. The minimum absolute atomic E-state index is 0.212. The summed E-state index contributed by atoms with van der Waals surface area (Å²) in [4.78, 5) is 2.09. The van der Waals surface area contributed by atoms with Crippen LogP contribution >= 0.6 is 11.6 Å². The van der Waals surface area contributed by atoms with Gasteiger partial charge in [0.15, 0.2) is 0 Å². The van der Waals surface area contributed by atoms with E-state index in [1.807, 2.05) is 43.4 Å². The predicted octanol–water partition coefficient (Wildman–Crippen LogP) is 4.22. The molecule has 0 fully saturated rings. The Morgan fingerprint density at radius 1 is 1.12 bits per heavy atom. The number of hydrazine groups is 1. The van der Waals surface area contributed by atoms with Crippen LogP contribution in [0.15, 0.2) is 60.3 Å². The van der Waals surface area contributed by atoms with Gasteiger partial charge in [-0.15, -0.1) is 0 Å². The molecule has 0 aromatic heterocycles. The van der Waals surface area contributed by atoms with Crippen molar-refractivity contribution in [3.05, 3.63) is 70.9 Å². The summed E-state index contributed by atoms with van der Waals surface area (Å²) in [7, 11) is 4.08. The summed E-state index contributed by atoms with van der Waals surface area (Å²) in [6.07, 6.45) is 2.07. The van der Waals surface area contributed by atoms with Gasteiger partial charge < -0.3 is 9.64 Å². The molecule has 25 heavy (non-hydrogen) atoms. The quantitative estimate of drug-likeness (QED) is 0.837. The fourth-order valence-electron chi connectivity index (χ4n) is 2.77. The molecule has 1 N–H and O–H groups in total. The second-order valence-corrected chi connectivity index (χ2v) is 6.84. The molecule has 132 valence electrons. The fraction of sp³-hybridized carbons (Fsp3) is 0.300. The third kappa shape index (κ3) is 4.34. The Bertz CT molecular complexity index is 760. The Morgan fingerprint density at radius 2 is 1.92 bits per heavy atom. The molecule has 0 radical (unpaired) electrons. The second kappa shape index (κ2) is 7.91. The Morgan fingerprint density at radius 3 is 2.68 bits per heavy atom. The fourth-order valence-corrected chi connectivity index (χ4v) is 2.99. The zero-order valence-corrected chi connectivity index (χ0v) is 15.6. The normalized spacial score (nSPS) is 16.9. The third-order valence-electron chi connectivity index (χ3n) is 4.26. The Hall–Kier alpha value is -2.01. The topological polar surface area (TPSA) is 27.7 Å². The van der Waals surface area contributed by atoms with Crippen LogP contribution in [0.25, 0.3) is 0 Å². The molecular formula is C20H24ClN3O. The van der Waals surface area contributed by atoms with E-state index in [9.17, 15) is 0 Å². The molecule has 0 amide bonds. The first kappa shape index (κ1) is 17.8. The van der Waals surface area contributed by atoms with Crippen molar-refractivity contribution in [1.29, 1.82) is 0 Å². The van der Waals surface area contributed by atoms with Crippen LogP contribution < -0.4 is 15.3 Å². The van der Waals surface area contributed by atoms with E-state index in [1.165, 1.54) is 16.8 Å². The van der Waals surface area contributed by atoms with Crippen LogP contribution in [0, 0.1) is 0 Å². The number of nitrogens with zero attached hydrogens (tertiary/aromatic N) is 2. The predicted molar refractivity (Wildman–Crippen MR) is 105 cm³/mol. The van der Waals surface area contributed by atoms with E-state index >= 15 is 0 Å². The molecular weight excluding hydrogens is 334 g/mol.